The van der Waals surface area contributed by atoms with Crippen molar-refractivity contribution >= 4 is 59.5 Å². The molecule has 0 aliphatic heterocycles. The van der Waals surface area contributed by atoms with Crippen molar-refractivity contribution in [3.05, 3.63) is 145 Å². The highest BCUT2D eigenvalue weighted by Gasteiger charge is 2.23. The fourth-order valence-corrected chi connectivity index (χ4v) is 5.72. The molecule has 1 unspecified atom stereocenters. The van der Waals surface area contributed by atoms with Crippen LogP contribution in [0.3, 0.4) is 0 Å². The summed E-state index contributed by atoms with van der Waals surface area (Å²) < 4.78 is 10.1. The molecule has 0 saturated heterocycles. The van der Waals surface area contributed by atoms with Crippen LogP contribution in [0.5, 0.6) is 11.5 Å². The number of carbonyl (C=O) groups excluding carboxylic acids is 6. The highest BCUT2D eigenvalue weighted by atomic mass is 16.5. The van der Waals surface area contributed by atoms with Gasteiger partial charge in [-0.15, -0.1) is 0 Å². The first kappa shape index (κ1) is 52.7. The number of hydrogen-bond acceptors (Lipinski definition) is 10. The number of nitrogens with zero attached hydrogens (tertiary/aromatic N) is 4. The third-order valence-electron chi connectivity index (χ3n) is 9.23. The maximum absolute atomic E-state index is 12.6. The van der Waals surface area contributed by atoms with E-state index in [1.54, 1.807) is 26.4 Å². The molecule has 0 radical (unpaired) electrons. The van der Waals surface area contributed by atoms with Gasteiger partial charge in [-0.2, -0.15) is 0 Å². The molecule has 0 aliphatic rings. The number of ether oxygens (including phenoxy) is 2. The van der Waals surface area contributed by atoms with Crippen molar-refractivity contribution in [2.75, 3.05) is 81.6 Å². The van der Waals surface area contributed by atoms with E-state index in [-0.39, 0.29) is 24.5 Å². The van der Waals surface area contributed by atoms with Gasteiger partial charge in [-0.25, -0.2) is 0 Å². The Labute approximate surface area is 377 Å². The summed E-state index contributed by atoms with van der Waals surface area (Å²) in [6.07, 6.45) is 3.00. The Morgan fingerprint density at radius 1 is 0.609 bits per heavy atom. The maximum atomic E-state index is 12.6. The van der Waals surface area contributed by atoms with Gasteiger partial charge in [-0.05, 0) is 84.6 Å². The van der Waals surface area contributed by atoms with Gasteiger partial charge in [-0.1, -0.05) is 79.7 Å². The van der Waals surface area contributed by atoms with Crippen molar-refractivity contribution in [1.82, 2.24) is 10.6 Å². The lowest BCUT2D eigenvalue weighted by molar-refractivity contribution is -0.123. The number of methoxy groups -OCH3 is 2. The van der Waals surface area contributed by atoms with E-state index < -0.39 is 30.3 Å². The number of benzene rings is 5. The van der Waals surface area contributed by atoms with Crippen molar-refractivity contribution < 1.29 is 38.2 Å². The van der Waals surface area contributed by atoms with E-state index in [9.17, 15) is 28.8 Å². The molecule has 340 valence electrons. The number of hydrogen-bond donors (Lipinski definition) is 2. The van der Waals surface area contributed by atoms with E-state index in [2.05, 4.69) is 51.6 Å². The number of amides is 4. The van der Waals surface area contributed by atoms with Gasteiger partial charge in [0.25, 0.3) is 0 Å². The summed E-state index contributed by atoms with van der Waals surface area (Å²) in [5, 5.41) is 4.94. The maximum Gasteiger partial charge on any atom is 0.240 e. The lowest BCUT2D eigenvalue weighted by atomic mass is 10.1. The predicted octanol–water partition coefficient (Wildman–Crippen LogP) is 6.02. The topological polar surface area (TPSA) is 158 Å². The van der Waals surface area contributed by atoms with E-state index in [1.807, 2.05) is 113 Å². The minimum absolute atomic E-state index is 0.201. The van der Waals surface area contributed by atoms with Gasteiger partial charge in [0.15, 0.2) is 0 Å². The molecule has 2 N–H and O–H groups in total. The average Bonchev–Trinajstić information content (AvgIpc) is 3.32. The second kappa shape index (κ2) is 29.7. The summed E-state index contributed by atoms with van der Waals surface area (Å²) in [5.41, 5.74) is 5.09. The van der Waals surface area contributed by atoms with Crippen LogP contribution < -0.4 is 39.7 Å². The third-order valence-corrected chi connectivity index (χ3v) is 9.23. The van der Waals surface area contributed by atoms with Gasteiger partial charge < -0.3 is 49.3 Å². The van der Waals surface area contributed by atoms with Crippen LogP contribution in [0.15, 0.2) is 133 Å². The van der Waals surface area contributed by atoms with E-state index in [0.29, 0.717) is 25.4 Å². The highest BCUT2D eigenvalue weighted by Crippen LogP contribution is 2.29. The summed E-state index contributed by atoms with van der Waals surface area (Å²) in [5.74, 6) is 0.175. The molecule has 14 nitrogen and oxygen atoms in total. The quantitative estimate of drug-likeness (QED) is 0.0999. The Kier molecular flexibility index (Phi) is 24.5. The van der Waals surface area contributed by atoms with Crippen LogP contribution >= 0.6 is 0 Å². The van der Waals surface area contributed by atoms with Crippen LogP contribution in [0.4, 0.5) is 22.7 Å². The Balaban J connectivity index is 0.000000374. The van der Waals surface area contributed by atoms with Crippen molar-refractivity contribution in [2.24, 2.45) is 0 Å². The van der Waals surface area contributed by atoms with Crippen molar-refractivity contribution in [1.29, 1.82) is 0 Å². The molecule has 1 atom stereocenters. The molecule has 64 heavy (non-hydrogen) atoms. The zero-order valence-electron chi connectivity index (χ0n) is 38.1. The van der Waals surface area contributed by atoms with Crippen LogP contribution in [0, 0.1) is 0 Å². The largest absolute Gasteiger partial charge is 0.497 e. The number of para-hydroxylation sites is 2. The van der Waals surface area contributed by atoms with Crippen LogP contribution in [-0.4, -0.2) is 105 Å². The van der Waals surface area contributed by atoms with Gasteiger partial charge in [-0.3, -0.25) is 19.2 Å². The van der Waals surface area contributed by atoms with Gasteiger partial charge in [0.05, 0.1) is 38.2 Å². The third kappa shape index (κ3) is 19.5. The molecular weight excluding hydrogens is 813 g/mol. The van der Waals surface area contributed by atoms with Crippen LogP contribution in [0.2, 0.25) is 0 Å². The predicted molar refractivity (Wildman–Crippen MR) is 256 cm³/mol. The first-order valence-electron chi connectivity index (χ1n) is 20.5. The lowest BCUT2D eigenvalue weighted by Crippen LogP contribution is -2.44. The number of carbonyl (C=O) groups is 6. The minimum Gasteiger partial charge on any atom is -0.497 e. The number of aryl methyl sites for hydroxylation is 1. The van der Waals surface area contributed by atoms with E-state index in [4.69, 9.17) is 9.47 Å². The second-order valence-electron chi connectivity index (χ2n) is 14.3. The van der Waals surface area contributed by atoms with Crippen LogP contribution in [0.25, 0.3) is 0 Å². The summed E-state index contributed by atoms with van der Waals surface area (Å²) in [4.78, 5) is 77.1. The standard InChI is InChI=1S/C24H26N4O6.2C9H13NO.C8H10/c1-18(32)28(15-23(33)25-11-12-29)22-10-6-5-9-21(22)27(17-31)14-24(34)26-20(16-30)13-19-7-3-2-4-8-19;2*1-10(2)8-4-6-9(11-3)7-5-8;1-2-8-6-4-3-5-7-8/h2-10,12,16-17,20H,11,13-15H2,1H3,(H,25,33)(H,26,34);2*4-7H,1-3H3;3-7H,2H2,1H3. The minimum atomic E-state index is -0.783. The molecule has 0 aliphatic carbocycles. The van der Waals surface area contributed by atoms with Gasteiger partial charge >= 0.3 is 0 Å². The zero-order valence-corrected chi connectivity index (χ0v) is 38.1. The number of aldehydes is 2. The SMILES string of the molecule is CC(=O)N(CC(=O)NCC=O)c1ccccc1N(C=O)CC(=O)NC(C=O)Cc1ccccc1.CCc1ccccc1.COc1ccc(N(C)C)cc1.COc1ccc(N(C)C)cc1. The molecule has 14 heteroatoms. The summed E-state index contributed by atoms with van der Waals surface area (Å²) >= 11 is 0. The Hall–Kier alpha value is -7.48. The first-order chi connectivity index (χ1) is 30.8. The molecule has 0 saturated carbocycles. The molecule has 5 rings (SSSR count). The molecule has 5 aromatic rings. The molecule has 0 spiro atoms. The fourth-order valence-electron chi connectivity index (χ4n) is 5.72. The number of nitrogens with one attached hydrogen (secondary N) is 2. The first-order valence-corrected chi connectivity index (χ1v) is 20.5. The lowest BCUT2D eigenvalue weighted by Gasteiger charge is -2.27. The van der Waals surface area contributed by atoms with Crippen molar-refractivity contribution in [2.45, 2.75) is 32.7 Å². The Morgan fingerprint density at radius 3 is 1.47 bits per heavy atom. The van der Waals surface area contributed by atoms with E-state index >= 15 is 0 Å². The molecule has 0 heterocycles. The van der Waals surface area contributed by atoms with Gasteiger partial charge in [0.1, 0.15) is 37.2 Å². The van der Waals surface area contributed by atoms with E-state index in [1.165, 1.54) is 36.0 Å². The van der Waals surface area contributed by atoms with Gasteiger partial charge in [0.2, 0.25) is 24.1 Å². The van der Waals surface area contributed by atoms with E-state index in [0.717, 1.165) is 33.3 Å². The molecule has 0 bridgehead atoms. The average molecular weight is 875 g/mol. The summed E-state index contributed by atoms with van der Waals surface area (Å²) in [6.45, 7) is 2.41. The monoisotopic (exact) mass is 874 g/mol. The fraction of sp³-hybridized carbons (Fsp3) is 0.280. The highest BCUT2D eigenvalue weighted by molar-refractivity contribution is 6.02. The second-order valence-corrected chi connectivity index (χ2v) is 14.3. The normalized spacial score (nSPS) is 10.2. The summed E-state index contributed by atoms with van der Waals surface area (Å²) in [6, 6.07) is 41.0. The Morgan fingerprint density at radius 2 is 1.08 bits per heavy atom. The molecule has 4 amide bonds. The number of anilines is 4. The van der Waals surface area contributed by atoms with Crippen molar-refractivity contribution in [3.8, 4) is 11.5 Å². The molecular formula is C50H62N6O8. The summed E-state index contributed by atoms with van der Waals surface area (Å²) in [7, 11) is 11.4. The van der Waals surface area contributed by atoms with Gasteiger partial charge in [0, 0.05) is 46.5 Å². The van der Waals surface area contributed by atoms with Crippen LogP contribution in [0.1, 0.15) is 25.0 Å². The molecule has 0 aromatic heterocycles. The molecule has 5 aromatic carbocycles. The zero-order chi connectivity index (χ0) is 47.3. The Bertz CT molecular complexity index is 2080. The van der Waals surface area contributed by atoms with Crippen LogP contribution in [-0.2, 0) is 41.6 Å². The van der Waals surface area contributed by atoms with Crippen molar-refractivity contribution in [3.63, 3.8) is 0 Å². The number of rotatable bonds is 18. The smallest absolute Gasteiger partial charge is 0.240 e. The molecule has 0 fully saturated rings.